The van der Waals surface area contributed by atoms with Crippen molar-refractivity contribution in [1.82, 2.24) is 4.98 Å². The Labute approximate surface area is 143 Å². The fraction of sp³-hybridized carbons (Fsp3) is 0.500. The van der Waals surface area contributed by atoms with Gasteiger partial charge in [0.2, 0.25) is 0 Å². The van der Waals surface area contributed by atoms with Gasteiger partial charge in [0.15, 0.2) is 9.84 Å². The number of benzene rings is 1. The third-order valence-corrected chi connectivity index (χ3v) is 7.54. The van der Waals surface area contributed by atoms with Crippen molar-refractivity contribution in [2.24, 2.45) is 0 Å². The second-order valence-electron chi connectivity index (χ2n) is 5.90. The Balaban J connectivity index is 2.24. The summed E-state index contributed by atoms with van der Waals surface area (Å²) in [5.41, 5.74) is 1.88. The van der Waals surface area contributed by atoms with Gasteiger partial charge in [-0.3, -0.25) is 0 Å². The van der Waals surface area contributed by atoms with Crippen LogP contribution in [-0.4, -0.2) is 18.7 Å². The fourth-order valence-electron chi connectivity index (χ4n) is 2.71. The molecule has 2 rings (SSSR count). The van der Waals surface area contributed by atoms with Gasteiger partial charge in [-0.05, 0) is 19.8 Å². The highest BCUT2D eigenvalue weighted by Crippen LogP contribution is 2.30. The molecule has 23 heavy (non-hydrogen) atoms. The van der Waals surface area contributed by atoms with E-state index in [2.05, 4.69) is 4.98 Å². The van der Waals surface area contributed by atoms with Crippen LogP contribution < -0.4 is 0 Å². The van der Waals surface area contributed by atoms with Crippen LogP contribution in [0.2, 0.25) is 0 Å². The summed E-state index contributed by atoms with van der Waals surface area (Å²) in [6, 6.07) is 9.93. The summed E-state index contributed by atoms with van der Waals surface area (Å²) in [7, 11) is -3.12. The van der Waals surface area contributed by atoms with Gasteiger partial charge >= 0.3 is 0 Å². The van der Waals surface area contributed by atoms with Crippen LogP contribution >= 0.6 is 11.3 Å². The van der Waals surface area contributed by atoms with Gasteiger partial charge in [-0.15, -0.1) is 11.3 Å². The molecule has 0 aliphatic heterocycles. The maximum Gasteiger partial charge on any atom is 0.158 e. The molecule has 0 bridgehead atoms. The minimum atomic E-state index is -3.12. The zero-order chi connectivity index (χ0) is 16.9. The van der Waals surface area contributed by atoms with Crippen LogP contribution in [0, 0.1) is 6.92 Å². The van der Waals surface area contributed by atoms with Crippen molar-refractivity contribution in [2.75, 3.05) is 0 Å². The molecule has 5 heteroatoms. The summed E-state index contributed by atoms with van der Waals surface area (Å²) in [6.45, 7) is 6.00. The number of rotatable bonds is 8. The molecule has 0 amide bonds. The summed E-state index contributed by atoms with van der Waals surface area (Å²) < 4.78 is 25.5. The number of hydrogen-bond acceptors (Lipinski definition) is 4. The highest BCUT2D eigenvalue weighted by molar-refractivity contribution is 7.91. The summed E-state index contributed by atoms with van der Waals surface area (Å²) in [5.74, 6) is 0.119. The lowest BCUT2D eigenvalue weighted by atomic mass is 10.2. The van der Waals surface area contributed by atoms with Crippen LogP contribution in [0.25, 0.3) is 10.6 Å². The first-order valence-electron chi connectivity index (χ1n) is 8.21. The van der Waals surface area contributed by atoms with Gasteiger partial charge in [0.1, 0.15) is 5.01 Å². The normalized spacial score (nSPS) is 12.0. The molecule has 0 saturated carbocycles. The molecule has 0 saturated heterocycles. The van der Waals surface area contributed by atoms with Crippen molar-refractivity contribution in [3.05, 3.63) is 40.9 Å². The molecule has 0 aliphatic rings. The topological polar surface area (TPSA) is 47.0 Å². The Bertz CT molecular complexity index is 715. The Morgan fingerprint density at radius 2 is 1.70 bits per heavy atom. The minimum Gasteiger partial charge on any atom is -0.241 e. The molecule has 0 radical (unpaired) electrons. The Hall–Kier alpha value is -1.20. The summed E-state index contributed by atoms with van der Waals surface area (Å²) in [4.78, 5) is 5.45. The van der Waals surface area contributed by atoms with Crippen LogP contribution in [0.1, 0.15) is 50.1 Å². The molecular weight excluding hydrogens is 326 g/mol. The highest BCUT2D eigenvalue weighted by Gasteiger charge is 2.26. The maximum absolute atomic E-state index is 12.8. The molecule has 0 spiro atoms. The van der Waals surface area contributed by atoms with Crippen molar-refractivity contribution < 1.29 is 8.42 Å². The SMILES string of the molecule is CCCC(CCC)S(=O)(=O)Cc1sc(-c2ccccc2)nc1C. The highest BCUT2D eigenvalue weighted by atomic mass is 32.2. The van der Waals surface area contributed by atoms with E-state index in [1.165, 1.54) is 11.3 Å². The molecule has 3 nitrogen and oxygen atoms in total. The van der Waals surface area contributed by atoms with E-state index in [1.807, 2.05) is 51.1 Å². The van der Waals surface area contributed by atoms with Crippen LogP contribution in [0.5, 0.6) is 0 Å². The molecule has 1 aromatic carbocycles. The monoisotopic (exact) mass is 351 g/mol. The first-order chi connectivity index (χ1) is 11.0. The fourth-order valence-corrected chi connectivity index (χ4v) is 6.31. The van der Waals surface area contributed by atoms with E-state index in [1.54, 1.807) is 0 Å². The van der Waals surface area contributed by atoms with Crippen molar-refractivity contribution in [1.29, 1.82) is 0 Å². The lowest BCUT2D eigenvalue weighted by Crippen LogP contribution is -2.22. The van der Waals surface area contributed by atoms with E-state index < -0.39 is 9.84 Å². The average molecular weight is 352 g/mol. The summed E-state index contributed by atoms with van der Waals surface area (Å²) in [5, 5.41) is 0.676. The van der Waals surface area contributed by atoms with E-state index in [-0.39, 0.29) is 11.0 Å². The van der Waals surface area contributed by atoms with Crippen LogP contribution in [0.3, 0.4) is 0 Å². The van der Waals surface area contributed by atoms with Gasteiger partial charge in [0, 0.05) is 10.4 Å². The van der Waals surface area contributed by atoms with E-state index in [9.17, 15) is 8.42 Å². The number of sulfone groups is 1. The largest absolute Gasteiger partial charge is 0.241 e. The molecular formula is C18H25NO2S2. The van der Waals surface area contributed by atoms with Gasteiger partial charge in [-0.2, -0.15) is 0 Å². The van der Waals surface area contributed by atoms with Gasteiger partial charge in [0.05, 0.1) is 16.7 Å². The Morgan fingerprint density at radius 1 is 1.09 bits per heavy atom. The zero-order valence-corrected chi connectivity index (χ0v) is 15.7. The van der Waals surface area contributed by atoms with Crippen molar-refractivity contribution in [3.63, 3.8) is 0 Å². The quantitative estimate of drug-likeness (QED) is 0.672. The molecule has 126 valence electrons. The third kappa shape index (κ3) is 4.64. The molecule has 0 fully saturated rings. The summed E-state index contributed by atoms with van der Waals surface area (Å²) in [6.07, 6.45) is 3.31. The van der Waals surface area contributed by atoms with Crippen LogP contribution in [0.15, 0.2) is 30.3 Å². The lowest BCUT2D eigenvalue weighted by molar-refractivity contribution is 0.554. The van der Waals surface area contributed by atoms with Crippen molar-refractivity contribution in [3.8, 4) is 10.6 Å². The standard InChI is InChI=1S/C18H25NO2S2/c1-4-9-16(10-5-2)23(20,21)13-17-14(3)19-18(22-17)15-11-7-6-8-12-15/h6-8,11-12,16H,4-5,9-10,13H2,1-3H3. The Kier molecular flexibility index (Phi) is 6.36. The van der Waals surface area contributed by atoms with Gasteiger partial charge in [0.25, 0.3) is 0 Å². The van der Waals surface area contributed by atoms with Gasteiger partial charge < -0.3 is 0 Å². The summed E-state index contributed by atoms with van der Waals surface area (Å²) >= 11 is 1.50. The molecule has 0 N–H and O–H groups in total. The first-order valence-corrected chi connectivity index (χ1v) is 10.7. The maximum atomic E-state index is 12.8. The number of hydrogen-bond donors (Lipinski definition) is 0. The number of aromatic nitrogens is 1. The zero-order valence-electron chi connectivity index (χ0n) is 14.1. The van der Waals surface area contributed by atoms with E-state index in [0.29, 0.717) is 0 Å². The number of thiazole rings is 1. The van der Waals surface area contributed by atoms with Crippen LogP contribution in [0.4, 0.5) is 0 Å². The minimum absolute atomic E-state index is 0.119. The Morgan fingerprint density at radius 3 is 2.26 bits per heavy atom. The van der Waals surface area contributed by atoms with E-state index >= 15 is 0 Å². The number of aryl methyl sites for hydroxylation is 1. The first kappa shape index (κ1) is 18.1. The second-order valence-corrected chi connectivity index (χ2v) is 9.26. The predicted molar refractivity (Wildman–Crippen MR) is 98.5 cm³/mol. The van der Waals surface area contributed by atoms with Gasteiger partial charge in [-0.1, -0.05) is 57.0 Å². The van der Waals surface area contributed by atoms with E-state index in [4.69, 9.17) is 0 Å². The smallest absolute Gasteiger partial charge is 0.158 e. The van der Waals surface area contributed by atoms with E-state index in [0.717, 1.165) is 46.8 Å². The average Bonchev–Trinajstić information content (AvgIpc) is 2.88. The van der Waals surface area contributed by atoms with Crippen molar-refractivity contribution in [2.45, 2.75) is 57.5 Å². The lowest BCUT2D eigenvalue weighted by Gasteiger charge is -2.15. The number of nitrogens with zero attached hydrogens (tertiary/aromatic N) is 1. The molecule has 2 aromatic rings. The predicted octanol–water partition coefficient (Wildman–Crippen LogP) is 5.00. The van der Waals surface area contributed by atoms with Crippen molar-refractivity contribution >= 4 is 21.2 Å². The van der Waals surface area contributed by atoms with Crippen LogP contribution in [-0.2, 0) is 15.6 Å². The molecule has 0 atom stereocenters. The van der Waals surface area contributed by atoms with Gasteiger partial charge in [-0.25, -0.2) is 13.4 Å². The molecule has 1 heterocycles. The third-order valence-electron chi connectivity index (χ3n) is 3.97. The molecule has 0 unspecified atom stereocenters. The molecule has 1 aromatic heterocycles. The second kappa shape index (κ2) is 8.06. The molecule has 0 aliphatic carbocycles.